The van der Waals surface area contributed by atoms with E-state index in [2.05, 4.69) is 4.98 Å². The average Bonchev–Trinajstić information content (AvgIpc) is 2.65. The quantitative estimate of drug-likeness (QED) is 0.917. The molecule has 100 valence electrons. The van der Waals surface area contributed by atoms with Gasteiger partial charge in [0.05, 0.1) is 12.3 Å². The minimum Gasteiger partial charge on any atom is -0.494 e. The molecule has 0 spiro atoms. The van der Waals surface area contributed by atoms with E-state index in [9.17, 15) is 4.79 Å². The van der Waals surface area contributed by atoms with E-state index < -0.39 is 5.97 Å². The highest BCUT2D eigenvalue weighted by Gasteiger charge is 2.18. The van der Waals surface area contributed by atoms with E-state index in [-0.39, 0.29) is 5.69 Å². The molecule has 2 rings (SSSR count). The molecule has 0 unspecified atom stereocenters. The Morgan fingerprint density at radius 3 is 2.79 bits per heavy atom. The van der Waals surface area contributed by atoms with Crippen LogP contribution in [0.3, 0.4) is 0 Å². The fourth-order valence-electron chi connectivity index (χ4n) is 2.08. The molecular weight excluding hydrogens is 244 g/mol. The molecule has 1 N–H and O–H groups in total. The van der Waals surface area contributed by atoms with Crippen LogP contribution in [-0.4, -0.2) is 27.2 Å². The molecule has 0 radical (unpaired) electrons. The van der Waals surface area contributed by atoms with Crippen LogP contribution >= 0.6 is 0 Å². The largest absolute Gasteiger partial charge is 0.494 e. The minimum atomic E-state index is -0.972. The van der Waals surface area contributed by atoms with E-state index in [0.717, 1.165) is 11.3 Å². The third-order valence-corrected chi connectivity index (χ3v) is 2.88. The topological polar surface area (TPSA) is 64.3 Å². The van der Waals surface area contributed by atoms with Crippen LogP contribution in [-0.2, 0) is 7.05 Å². The number of aromatic carboxylic acids is 1. The summed E-state index contributed by atoms with van der Waals surface area (Å²) >= 11 is 0. The molecule has 0 atom stereocenters. The summed E-state index contributed by atoms with van der Waals surface area (Å²) in [7, 11) is 1.70. The van der Waals surface area contributed by atoms with Crippen molar-refractivity contribution in [2.75, 3.05) is 6.61 Å². The standard InChI is InChI=1S/C14H16N2O3/c1-4-19-11-7-5-6-10(8-11)13-15-9(2)12(14(17)18)16(13)3/h5-8H,4H2,1-3H3,(H,17,18). The van der Waals surface area contributed by atoms with E-state index in [1.807, 2.05) is 31.2 Å². The second kappa shape index (κ2) is 5.14. The summed E-state index contributed by atoms with van der Waals surface area (Å²) in [6, 6.07) is 7.47. The molecule has 2 aromatic rings. The van der Waals surface area contributed by atoms with Crippen molar-refractivity contribution in [3.05, 3.63) is 35.7 Å². The summed E-state index contributed by atoms with van der Waals surface area (Å²) in [4.78, 5) is 15.5. The molecule has 1 aromatic carbocycles. The van der Waals surface area contributed by atoms with E-state index in [4.69, 9.17) is 9.84 Å². The number of nitrogens with zero attached hydrogens (tertiary/aromatic N) is 2. The van der Waals surface area contributed by atoms with Gasteiger partial charge in [0.25, 0.3) is 0 Å². The highest BCUT2D eigenvalue weighted by molar-refractivity contribution is 5.88. The third kappa shape index (κ3) is 2.45. The van der Waals surface area contributed by atoms with Crippen LogP contribution < -0.4 is 4.74 Å². The molecule has 1 heterocycles. The number of rotatable bonds is 4. The molecule has 0 fully saturated rings. The van der Waals surface area contributed by atoms with Gasteiger partial charge in [0.2, 0.25) is 0 Å². The van der Waals surface area contributed by atoms with E-state index in [1.54, 1.807) is 18.5 Å². The smallest absolute Gasteiger partial charge is 0.354 e. The van der Waals surface area contributed by atoms with Crippen LogP contribution in [0.1, 0.15) is 23.1 Å². The van der Waals surface area contributed by atoms with Gasteiger partial charge >= 0.3 is 5.97 Å². The normalized spacial score (nSPS) is 10.5. The number of carboxylic acid groups (broad SMARTS) is 1. The van der Waals surface area contributed by atoms with Crippen molar-refractivity contribution in [1.82, 2.24) is 9.55 Å². The number of aromatic nitrogens is 2. The molecule has 0 aliphatic rings. The van der Waals surface area contributed by atoms with E-state index in [0.29, 0.717) is 18.1 Å². The number of ether oxygens (including phenoxy) is 1. The van der Waals surface area contributed by atoms with E-state index >= 15 is 0 Å². The zero-order valence-electron chi connectivity index (χ0n) is 11.2. The Hall–Kier alpha value is -2.30. The van der Waals surface area contributed by atoms with Gasteiger partial charge < -0.3 is 14.4 Å². The Kier molecular flexibility index (Phi) is 3.55. The van der Waals surface area contributed by atoms with Crippen LogP contribution in [0.5, 0.6) is 5.75 Å². The Balaban J connectivity index is 2.50. The van der Waals surface area contributed by atoms with Gasteiger partial charge in [0, 0.05) is 12.6 Å². The molecular formula is C14H16N2O3. The molecule has 0 saturated heterocycles. The molecule has 0 aliphatic heterocycles. The second-order valence-electron chi connectivity index (χ2n) is 4.19. The lowest BCUT2D eigenvalue weighted by Gasteiger charge is -2.06. The molecule has 1 aromatic heterocycles. The maximum Gasteiger partial charge on any atom is 0.354 e. The number of aryl methyl sites for hydroxylation is 1. The molecule has 19 heavy (non-hydrogen) atoms. The van der Waals surface area contributed by atoms with Gasteiger partial charge in [0.1, 0.15) is 17.3 Å². The maximum atomic E-state index is 11.2. The Morgan fingerprint density at radius 1 is 1.47 bits per heavy atom. The van der Waals surface area contributed by atoms with Crippen molar-refractivity contribution in [2.24, 2.45) is 7.05 Å². The molecule has 5 heteroatoms. The van der Waals surface area contributed by atoms with Gasteiger partial charge in [-0.1, -0.05) is 12.1 Å². The van der Waals surface area contributed by atoms with E-state index in [1.165, 1.54) is 0 Å². The highest BCUT2D eigenvalue weighted by atomic mass is 16.5. The summed E-state index contributed by atoms with van der Waals surface area (Å²) in [5, 5.41) is 9.16. The SMILES string of the molecule is CCOc1cccc(-c2nc(C)c(C(=O)O)n2C)c1. The first-order valence-electron chi connectivity index (χ1n) is 6.04. The van der Waals surface area contributed by atoms with Gasteiger partial charge in [0.15, 0.2) is 0 Å². The molecule has 0 aliphatic carbocycles. The molecule has 0 bridgehead atoms. The van der Waals surface area contributed by atoms with Crippen LogP contribution in [0.2, 0.25) is 0 Å². The fourth-order valence-corrected chi connectivity index (χ4v) is 2.08. The van der Waals surface area contributed by atoms with Crippen LogP contribution in [0.4, 0.5) is 0 Å². The predicted molar refractivity (Wildman–Crippen MR) is 71.5 cm³/mol. The summed E-state index contributed by atoms with van der Waals surface area (Å²) in [6.07, 6.45) is 0. The summed E-state index contributed by atoms with van der Waals surface area (Å²) in [5.41, 5.74) is 1.55. The van der Waals surface area contributed by atoms with Crippen LogP contribution in [0, 0.1) is 6.92 Å². The maximum absolute atomic E-state index is 11.2. The Morgan fingerprint density at radius 2 is 2.21 bits per heavy atom. The van der Waals surface area contributed by atoms with Gasteiger partial charge in [-0.05, 0) is 26.0 Å². The zero-order chi connectivity index (χ0) is 14.0. The lowest BCUT2D eigenvalue weighted by Crippen LogP contribution is -2.06. The van der Waals surface area contributed by atoms with Crippen LogP contribution in [0.25, 0.3) is 11.4 Å². The average molecular weight is 260 g/mol. The van der Waals surface area contributed by atoms with Crippen molar-refractivity contribution < 1.29 is 14.6 Å². The summed E-state index contributed by atoms with van der Waals surface area (Å²) in [6.45, 7) is 4.20. The first-order valence-corrected chi connectivity index (χ1v) is 6.04. The second-order valence-corrected chi connectivity index (χ2v) is 4.19. The zero-order valence-corrected chi connectivity index (χ0v) is 11.2. The van der Waals surface area contributed by atoms with Crippen molar-refractivity contribution in [3.63, 3.8) is 0 Å². The number of benzene rings is 1. The number of carboxylic acids is 1. The number of carbonyl (C=O) groups is 1. The lowest BCUT2D eigenvalue weighted by atomic mass is 10.2. The predicted octanol–water partition coefficient (Wildman–Crippen LogP) is 2.49. The minimum absolute atomic E-state index is 0.205. The first-order chi connectivity index (χ1) is 9.04. The highest BCUT2D eigenvalue weighted by Crippen LogP contribution is 2.25. The van der Waals surface area contributed by atoms with Gasteiger partial charge in [-0.3, -0.25) is 0 Å². The lowest BCUT2D eigenvalue weighted by molar-refractivity contribution is 0.0686. The fraction of sp³-hybridized carbons (Fsp3) is 0.286. The van der Waals surface area contributed by atoms with Gasteiger partial charge in [-0.15, -0.1) is 0 Å². The van der Waals surface area contributed by atoms with Crippen molar-refractivity contribution in [2.45, 2.75) is 13.8 Å². The van der Waals surface area contributed by atoms with Crippen LogP contribution in [0.15, 0.2) is 24.3 Å². The molecule has 0 amide bonds. The monoisotopic (exact) mass is 260 g/mol. The number of imidazole rings is 1. The number of hydrogen-bond donors (Lipinski definition) is 1. The first kappa shape index (κ1) is 13.1. The third-order valence-electron chi connectivity index (χ3n) is 2.88. The summed E-state index contributed by atoms with van der Waals surface area (Å²) < 4.78 is 7.03. The van der Waals surface area contributed by atoms with Gasteiger partial charge in [-0.25, -0.2) is 9.78 Å². The number of hydrogen-bond acceptors (Lipinski definition) is 3. The van der Waals surface area contributed by atoms with Crippen molar-refractivity contribution in [1.29, 1.82) is 0 Å². The summed E-state index contributed by atoms with van der Waals surface area (Å²) in [5.74, 6) is 0.397. The molecule has 5 nitrogen and oxygen atoms in total. The van der Waals surface area contributed by atoms with Crippen molar-refractivity contribution >= 4 is 5.97 Å². The van der Waals surface area contributed by atoms with Gasteiger partial charge in [-0.2, -0.15) is 0 Å². The van der Waals surface area contributed by atoms with Crippen molar-refractivity contribution in [3.8, 4) is 17.1 Å². The molecule has 0 saturated carbocycles. The Bertz CT molecular complexity index is 617. The Labute approximate surface area is 111 Å².